The van der Waals surface area contributed by atoms with Crippen molar-refractivity contribution in [3.05, 3.63) is 51.6 Å². The summed E-state index contributed by atoms with van der Waals surface area (Å²) < 4.78 is 53.3. The number of nitrogens with zero attached hydrogens (tertiary/aromatic N) is 1. The molecule has 2 heterocycles. The predicted molar refractivity (Wildman–Crippen MR) is 110 cm³/mol. The molecule has 0 spiro atoms. The van der Waals surface area contributed by atoms with Gasteiger partial charge in [0.15, 0.2) is 0 Å². The van der Waals surface area contributed by atoms with E-state index in [4.69, 9.17) is 11.6 Å². The van der Waals surface area contributed by atoms with Crippen molar-refractivity contribution in [2.75, 3.05) is 5.32 Å². The van der Waals surface area contributed by atoms with Gasteiger partial charge in [-0.15, -0.1) is 0 Å². The Hall–Kier alpha value is -2.88. The Morgan fingerprint density at radius 3 is 2.50 bits per heavy atom. The van der Waals surface area contributed by atoms with Gasteiger partial charge in [-0.1, -0.05) is 11.6 Å². The molecule has 1 aromatic carbocycles. The summed E-state index contributed by atoms with van der Waals surface area (Å²) in [6, 6.07) is 1.22. The molecule has 2 atom stereocenters. The molecule has 2 aromatic rings. The first-order chi connectivity index (χ1) is 14.8. The van der Waals surface area contributed by atoms with Crippen molar-refractivity contribution in [3.8, 4) is 0 Å². The second kappa shape index (κ2) is 8.57. The molecule has 6 nitrogen and oxygen atoms in total. The maximum Gasteiger partial charge on any atom is 0.408 e. The van der Waals surface area contributed by atoms with Crippen molar-refractivity contribution in [2.24, 2.45) is 0 Å². The van der Waals surface area contributed by atoms with E-state index in [1.54, 1.807) is 9.88 Å². The third-order valence-electron chi connectivity index (χ3n) is 5.45. The largest absolute Gasteiger partial charge is 0.408 e. The van der Waals surface area contributed by atoms with Crippen LogP contribution in [-0.4, -0.2) is 34.4 Å². The zero-order valence-corrected chi connectivity index (χ0v) is 18.1. The number of nitrogens with one attached hydrogen (secondary N) is 2. The lowest BCUT2D eigenvalue weighted by atomic mass is 10.0. The van der Waals surface area contributed by atoms with Crippen molar-refractivity contribution in [1.82, 2.24) is 9.88 Å². The second-order valence-electron chi connectivity index (χ2n) is 7.70. The van der Waals surface area contributed by atoms with Gasteiger partial charge >= 0.3 is 6.18 Å². The number of anilines is 1. The molecule has 3 rings (SSSR count). The van der Waals surface area contributed by atoms with Crippen LogP contribution in [-0.2, 0) is 11.2 Å². The van der Waals surface area contributed by atoms with E-state index < -0.39 is 35.6 Å². The molecule has 0 saturated carbocycles. The van der Waals surface area contributed by atoms with Gasteiger partial charge < -0.3 is 15.2 Å². The van der Waals surface area contributed by atoms with Crippen molar-refractivity contribution < 1.29 is 31.9 Å². The molecule has 1 aromatic heterocycles. The van der Waals surface area contributed by atoms with Gasteiger partial charge in [0.25, 0.3) is 17.6 Å². The molecule has 0 radical (unpaired) electrons. The van der Waals surface area contributed by atoms with Crippen LogP contribution in [0.2, 0.25) is 5.02 Å². The number of carbonyl (C=O) groups excluding carboxylic acids is 3. The molecule has 0 unspecified atom stereocenters. The lowest BCUT2D eigenvalue weighted by Gasteiger charge is -2.16. The summed E-state index contributed by atoms with van der Waals surface area (Å²) in [5.74, 6) is -3.82. The Bertz CT molecular complexity index is 1110. The molecular formula is C21H20ClF4N3O3. The summed E-state index contributed by atoms with van der Waals surface area (Å²) in [4.78, 5) is 38.1. The number of hydrogen-bond acceptors (Lipinski definition) is 3. The Labute approximate surface area is 185 Å². The van der Waals surface area contributed by atoms with Crippen LogP contribution in [0.25, 0.3) is 0 Å². The van der Waals surface area contributed by atoms with Gasteiger partial charge in [0.2, 0.25) is 0 Å². The highest BCUT2D eigenvalue weighted by molar-refractivity contribution is 6.43. The van der Waals surface area contributed by atoms with Crippen LogP contribution >= 0.6 is 11.6 Å². The molecule has 0 bridgehead atoms. The number of rotatable bonds is 5. The number of fused-ring (bicyclic) bond motifs is 1. The number of carbonyl (C=O) groups is 3. The average Bonchev–Trinajstić information content (AvgIpc) is 3.19. The molecule has 2 N–H and O–H groups in total. The van der Waals surface area contributed by atoms with Crippen LogP contribution in [0.3, 0.4) is 0 Å². The molecule has 1 aliphatic heterocycles. The number of alkyl halides is 3. The van der Waals surface area contributed by atoms with Crippen molar-refractivity contribution in [1.29, 1.82) is 0 Å². The number of Topliss-reactive ketones (excluding diaryl/α,β-unsaturated/α-hetero) is 1. The Morgan fingerprint density at radius 2 is 1.91 bits per heavy atom. The van der Waals surface area contributed by atoms with Crippen LogP contribution in [0.1, 0.15) is 58.4 Å². The summed E-state index contributed by atoms with van der Waals surface area (Å²) in [6.45, 7) is 4.01. The maximum absolute atomic E-state index is 13.4. The quantitative estimate of drug-likeness (QED) is 0.378. The Balaban J connectivity index is 1.96. The van der Waals surface area contributed by atoms with Gasteiger partial charge in [0, 0.05) is 17.4 Å². The zero-order valence-electron chi connectivity index (χ0n) is 17.4. The van der Waals surface area contributed by atoms with Crippen molar-refractivity contribution in [2.45, 2.75) is 51.9 Å². The molecular weight excluding hydrogens is 454 g/mol. The van der Waals surface area contributed by atoms with E-state index in [2.05, 4.69) is 5.32 Å². The predicted octanol–water partition coefficient (Wildman–Crippen LogP) is 4.60. The van der Waals surface area contributed by atoms with E-state index in [0.29, 0.717) is 18.5 Å². The van der Waals surface area contributed by atoms with Crippen LogP contribution in [0.15, 0.2) is 18.2 Å². The van der Waals surface area contributed by atoms with Crippen molar-refractivity contribution >= 4 is 34.9 Å². The molecule has 0 fully saturated rings. The fourth-order valence-corrected chi connectivity index (χ4v) is 3.96. The highest BCUT2D eigenvalue weighted by atomic mass is 35.5. The standard InChI is InChI=1S/C21H20ClF4N3O3/c1-9-4-7-15-16(18(30)20(32)27-11(3)21(24,25)26)10(2)17(29(9)15)19(31)28-12-5-6-14(23)13(22)8-12/h5-6,8-9,11H,4,7H2,1-3H3,(H,27,32)(H,28,31)/t9-,11-/m1/s1. The Kier molecular flexibility index (Phi) is 6.37. The topological polar surface area (TPSA) is 80.2 Å². The second-order valence-corrected chi connectivity index (χ2v) is 8.11. The highest BCUT2D eigenvalue weighted by Crippen LogP contribution is 2.36. The molecule has 32 heavy (non-hydrogen) atoms. The first-order valence-electron chi connectivity index (χ1n) is 9.74. The number of benzene rings is 1. The van der Waals surface area contributed by atoms with Crippen molar-refractivity contribution in [3.63, 3.8) is 0 Å². The summed E-state index contributed by atoms with van der Waals surface area (Å²) in [6.07, 6.45) is -3.75. The summed E-state index contributed by atoms with van der Waals surface area (Å²) in [7, 11) is 0. The minimum absolute atomic E-state index is 0.0801. The minimum Gasteiger partial charge on any atom is -0.338 e. The first-order valence-corrected chi connectivity index (χ1v) is 10.1. The average molecular weight is 474 g/mol. The SMILES string of the molecule is Cc1c(C(=O)C(=O)N[C@H](C)C(F)(F)F)c2n(c1C(=O)Nc1ccc(F)c(Cl)c1)[C@H](C)CC2. The van der Waals surface area contributed by atoms with Crippen LogP contribution in [0, 0.1) is 12.7 Å². The lowest BCUT2D eigenvalue weighted by Crippen LogP contribution is -2.46. The summed E-state index contributed by atoms with van der Waals surface area (Å²) in [5, 5.41) is 4.05. The molecule has 172 valence electrons. The normalized spacial score (nSPS) is 16.4. The maximum atomic E-state index is 13.4. The van der Waals surface area contributed by atoms with E-state index >= 15 is 0 Å². The lowest BCUT2D eigenvalue weighted by molar-refractivity contribution is -0.156. The van der Waals surface area contributed by atoms with Gasteiger partial charge in [-0.05, 0) is 57.4 Å². The van der Waals surface area contributed by atoms with Gasteiger partial charge in [-0.3, -0.25) is 14.4 Å². The minimum atomic E-state index is -4.70. The third-order valence-corrected chi connectivity index (χ3v) is 5.74. The van der Waals surface area contributed by atoms with E-state index in [1.165, 1.54) is 19.1 Å². The zero-order chi connectivity index (χ0) is 24.0. The van der Waals surface area contributed by atoms with Gasteiger partial charge in [0.05, 0.1) is 10.6 Å². The number of hydrogen-bond donors (Lipinski definition) is 2. The number of ketones is 1. The molecule has 0 aliphatic carbocycles. The van der Waals surface area contributed by atoms with Gasteiger partial charge in [-0.2, -0.15) is 13.2 Å². The van der Waals surface area contributed by atoms with Crippen LogP contribution in [0.4, 0.5) is 23.2 Å². The highest BCUT2D eigenvalue weighted by Gasteiger charge is 2.40. The molecule has 2 amide bonds. The van der Waals surface area contributed by atoms with E-state index in [0.717, 1.165) is 13.0 Å². The first kappa shape index (κ1) is 23.8. The number of amides is 2. The monoisotopic (exact) mass is 473 g/mol. The van der Waals surface area contributed by atoms with Crippen LogP contribution < -0.4 is 10.6 Å². The summed E-state index contributed by atoms with van der Waals surface area (Å²) >= 11 is 5.74. The smallest absolute Gasteiger partial charge is 0.338 e. The molecule has 11 heteroatoms. The number of aromatic nitrogens is 1. The van der Waals surface area contributed by atoms with E-state index in [-0.39, 0.29) is 33.6 Å². The molecule has 1 aliphatic rings. The van der Waals surface area contributed by atoms with E-state index in [1.807, 2.05) is 6.92 Å². The van der Waals surface area contributed by atoms with Gasteiger partial charge in [-0.25, -0.2) is 4.39 Å². The van der Waals surface area contributed by atoms with E-state index in [9.17, 15) is 31.9 Å². The third kappa shape index (κ3) is 4.36. The van der Waals surface area contributed by atoms with Crippen LogP contribution in [0.5, 0.6) is 0 Å². The Morgan fingerprint density at radius 1 is 1.25 bits per heavy atom. The fraction of sp³-hybridized carbons (Fsp3) is 0.381. The number of halogens is 5. The fourth-order valence-electron chi connectivity index (χ4n) is 3.78. The van der Waals surface area contributed by atoms with Gasteiger partial charge in [0.1, 0.15) is 17.6 Å². The molecule has 0 saturated heterocycles. The summed E-state index contributed by atoms with van der Waals surface area (Å²) in [5.41, 5.74) is 0.828.